The van der Waals surface area contributed by atoms with E-state index in [2.05, 4.69) is 20.8 Å². The summed E-state index contributed by atoms with van der Waals surface area (Å²) in [7, 11) is 0. The molecule has 0 radical (unpaired) electrons. The number of hydrogen-bond donors (Lipinski definition) is 2. The lowest BCUT2D eigenvalue weighted by Crippen LogP contribution is -2.26. The second-order valence-corrected chi connectivity index (χ2v) is 3.62. The molecule has 0 aliphatic carbocycles. The summed E-state index contributed by atoms with van der Waals surface area (Å²) in [5.74, 6) is 4.31. The van der Waals surface area contributed by atoms with Crippen LogP contribution in [0.2, 0.25) is 0 Å². The van der Waals surface area contributed by atoms with Crippen molar-refractivity contribution in [2.24, 2.45) is 5.84 Å². The van der Waals surface area contributed by atoms with Crippen molar-refractivity contribution in [3.63, 3.8) is 0 Å². The van der Waals surface area contributed by atoms with Gasteiger partial charge in [0.2, 0.25) is 0 Å². The molecule has 0 saturated carbocycles. The van der Waals surface area contributed by atoms with Gasteiger partial charge in [0, 0.05) is 0 Å². The van der Waals surface area contributed by atoms with E-state index in [0.717, 1.165) is 0 Å². The van der Waals surface area contributed by atoms with Gasteiger partial charge in [-0.3, -0.25) is 4.79 Å². The van der Waals surface area contributed by atoms with Crippen molar-refractivity contribution in [2.75, 3.05) is 6.61 Å². The predicted octanol–water partition coefficient (Wildman–Crippen LogP) is 1.28. The van der Waals surface area contributed by atoms with Gasteiger partial charge < -0.3 is 9.57 Å². The molecule has 0 bridgehead atoms. The van der Waals surface area contributed by atoms with E-state index in [0.29, 0.717) is 10.2 Å². The van der Waals surface area contributed by atoms with Gasteiger partial charge in [0.1, 0.15) is 11.6 Å². The average molecular weight is 293 g/mol. The van der Waals surface area contributed by atoms with Gasteiger partial charge in [0.05, 0.1) is 17.5 Å². The molecule has 0 heterocycles. The summed E-state index contributed by atoms with van der Waals surface area (Å²) < 4.78 is 18.4. The Morgan fingerprint density at radius 2 is 2.31 bits per heavy atom. The molecule has 0 aliphatic heterocycles. The van der Waals surface area contributed by atoms with Crippen LogP contribution in [0.3, 0.4) is 0 Å². The number of nitrogens with one attached hydrogen (secondary N) is 1. The lowest BCUT2D eigenvalue weighted by Gasteiger charge is -2.07. The zero-order chi connectivity index (χ0) is 12.0. The zero-order valence-electron chi connectivity index (χ0n) is 8.20. The highest BCUT2D eigenvalue weighted by molar-refractivity contribution is 9.10. The lowest BCUT2D eigenvalue weighted by molar-refractivity contribution is -0.151. The number of carbonyl (C=O) groups excluding carboxylic acids is 1. The number of nitrogens with two attached hydrogens (primary N) is 1. The fraction of sp³-hybridized carbons (Fsp3) is 0.222. The van der Waals surface area contributed by atoms with Crippen molar-refractivity contribution < 1.29 is 18.8 Å². The van der Waals surface area contributed by atoms with E-state index in [1.807, 2.05) is 0 Å². The Hall–Kier alpha value is -1.18. The summed E-state index contributed by atoms with van der Waals surface area (Å²) in [5.41, 5.74) is 1.77. The largest absolute Gasteiger partial charge is 0.492 e. The van der Waals surface area contributed by atoms with Crippen molar-refractivity contribution in [3.05, 3.63) is 28.5 Å². The van der Waals surface area contributed by atoms with Crippen LogP contribution in [-0.4, -0.2) is 12.6 Å². The molecule has 1 aromatic carbocycles. The molecule has 0 spiro atoms. The first kappa shape index (κ1) is 12.9. The van der Waals surface area contributed by atoms with Crippen LogP contribution in [0, 0.1) is 5.82 Å². The first-order valence-corrected chi connectivity index (χ1v) is 5.16. The molecule has 0 saturated heterocycles. The molecular weight excluding hydrogens is 283 g/mol. The van der Waals surface area contributed by atoms with Crippen molar-refractivity contribution >= 4 is 21.9 Å². The van der Waals surface area contributed by atoms with Crippen LogP contribution < -0.4 is 16.2 Å². The molecule has 1 aromatic rings. The number of benzene rings is 1. The van der Waals surface area contributed by atoms with Crippen molar-refractivity contribution in [1.29, 1.82) is 0 Å². The van der Waals surface area contributed by atoms with Crippen molar-refractivity contribution in [1.82, 2.24) is 5.59 Å². The van der Waals surface area contributed by atoms with Crippen LogP contribution in [0.5, 0.6) is 5.75 Å². The third-order valence-corrected chi connectivity index (χ3v) is 2.25. The van der Waals surface area contributed by atoms with Gasteiger partial charge in [-0.25, -0.2) is 10.2 Å². The van der Waals surface area contributed by atoms with E-state index in [4.69, 9.17) is 10.6 Å². The highest BCUT2D eigenvalue weighted by Crippen LogP contribution is 2.25. The van der Waals surface area contributed by atoms with E-state index in [-0.39, 0.29) is 18.8 Å². The molecule has 0 aliphatic rings. The number of rotatable bonds is 5. The average Bonchev–Trinajstić information content (AvgIpc) is 2.22. The van der Waals surface area contributed by atoms with Gasteiger partial charge in [-0.1, -0.05) is 5.59 Å². The van der Waals surface area contributed by atoms with Crippen LogP contribution in [0.15, 0.2) is 22.7 Å². The molecule has 0 amide bonds. The van der Waals surface area contributed by atoms with Crippen LogP contribution in [0.25, 0.3) is 0 Å². The second-order valence-electron chi connectivity index (χ2n) is 2.77. The van der Waals surface area contributed by atoms with Crippen LogP contribution in [0.4, 0.5) is 4.39 Å². The zero-order valence-corrected chi connectivity index (χ0v) is 9.79. The SMILES string of the molecule is NNOC(=O)CCOc1ccc(F)cc1Br. The monoisotopic (exact) mass is 292 g/mol. The summed E-state index contributed by atoms with van der Waals surface area (Å²) in [4.78, 5) is 15.1. The molecule has 7 heteroatoms. The van der Waals surface area contributed by atoms with E-state index >= 15 is 0 Å². The molecule has 88 valence electrons. The van der Waals surface area contributed by atoms with E-state index in [1.165, 1.54) is 18.2 Å². The van der Waals surface area contributed by atoms with Crippen molar-refractivity contribution in [2.45, 2.75) is 6.42 Å². The lowest BCUT2D eigenvalue weighted by atomic mass is 10.3. The third-order valence-electron chi connectivity index (χ3n) is 1.63. The van der Waals surface area contributed by atoms with Gasteiger partial charge in [-0.15, -0.1) is 0 Å². The molecule has 0 fully saturated rings. The van der Waals surface area contributed by atoms with Crippen molar-refractivity contribution in [3.8, 4) is 5.75 Å². The van der Waals surface area contributed by atoms with Gasteiger partial charge in [-0.05, 0) is 34.1 Å². The molecular formula is C9H10BrFN2O3. The first-order valence-electron chi connectivity index (χ1n) is 4.36. The minimum Gasteiger partial charge on any atom is -0.492 e. The summed E-state index contributed by atoms with van der Waals surface area (Å²) >= 11 is 3.13. The Kier molecular flexibility index (Phi) is 5.17. The maximum absolute atomic E-state index is 12.7. The number of hydrogen-bond acceptors (Lipinski definition) is 5. The van der Waals surface area contributed by atoms with Gasteiger partial charge >= 0.3 is 5.97 Å². The minimum absolute atomic E-state index is 0.0357. The Balaban J connectivity index is 2.40. The number of halogens is 2. The van der Waals surface area contributed by atoms with Crippen LogP contribution in [-0.2, 0) is 9.63 Å². The standard InChI is InChI=1S/C9H10BrFN2O3/c10-7-5-6(11)1-2-8(7)15-4-3-9(14)16-13-12/h1-2,5,13H,3-4,12H2. The maximum Gasteiger partial charge on any atom is 0.329 e. The van der Waals surface area contributed by atoms with Gasteiger partial charge in [-0.2, -0.15) is 0 Å². The number of hydrazine groups is 1. The maximum atomic E-state index is 12.7. The topological polar surface area (TPSA) is 73.6 Å². The highest BCUT2D eigenvalue weighted by atomic mass is 79.9. The fourth-order valence-electron chi connectivity index (χ4n) is 0.953. The molecule has 3 N–H and O–H groups in total. The summed E-state index contributed by atoms with van der Waals surface area (Å²) in [6.07, 6.45) is 0.0357. The minimum atomic E-state index is -0.541. The quantitative estimate of drug-likeness (QED) is 0.632. The summed E-state index contributed by atoms with van der Waals surface area (Å²) in [5, 5.41) is 0. The Morgan fingerprint density at radius 1 is 1.56 bits per heavy atom. The Bertz CT molecular complexity index is 376. The molecule has 0 atom stereocenters. The van der Waals surface area contributed by atoms with Gasteiger partial charge in [0.25, 0.3) is 0 Å². The Morgan fingerprint density at radius 3 is 2.94 bits per heavy atom. The van der Waals surface area contributed by atoms with Crippen LogP contribution >= 0.6 is 15.9 Å². The van der Waals surface area contributed by atoms with E-state index < -0.39 is 5.97 Å². The highest BCUT2D eigenvalue weighted by Gasteiger charge is 2.05. The molecule has 5 nitrogen and oxygen atoms in total. The van der Waals surface area contributed by atoms with Gasteiger partial charge in [0.15, 0.2) is 0 Å². The Labute approximate surface area is 99.8 Å². The summed E-state index contributed by atoms with van der Waals surface area (Å²) in [6.45, 7) is 0.116. The first-order chi connectivity index (χ1) is 7.63. The van der Waals surface area contributed by atoms with E-state index in [1.54, 1.807) is 5.59 Å². The predicted molar refractivity (Wildman–Crippen MR) is 57.6 cm³/mol. The molecule has 0 aromatic heterocycles. The molecule has 0 unspecified atom stereocenters. The molecule has 16 heavy (non-hydrogen) atoms. The van der Waals surface area contributed by atoms with E-state index in [9.17, 15) is 9.18 Å². The third kappa shape index (κ3) is 4.13. The second kappa shape index (κ2) is 6.41. The molecule has 1 rings (SSSR count). The number of carbonyl (C=O) groups is 1. The smallest absolute Gasteiger partial charge is 0.329 e. The normalized spacial score (nSPS) is 9.94. The summed E-state index contributed by atoms with van der Waals surface area (Å²) in [6, 6.07) is 4.00. The van der Waals surface area contributed by atoms with Crippen LogP contribution in [0.1, 0.15) is 6.42 Å². The fourth-order valence-corrected chi connectivity index (χ4v) is 1.42. The number of ether oxygens (including phenoxy) is 1.